The quantitative estimate of drug-likeness (QED) is 0.913. The predicted molar refractivity (Wildman–Crippen MR) is 87.5 cm³/mol. The minimum absolute atomic E-state index is 0.623. The zero-order valence-corrected chi connectivity index (χ0v) is 13.3. The minimum atomic E-state index is 0.623. The lowest BCUT2D eigenvalue weighted by atomic mass is 9.92. The first-order valence-electron chi connectivity index (χ1n) is 8.42. The molecule has 0 fully saturated rings. The largest absolute Gasteiger partial charge is 0.382 e. The topological polar surface area (TPSA) is 56.7 Å². The molecule has 2 aromatic rings. The Labute approximate surface area is 126 Å². The Balaban J connectivity index is 2.22. The van der Waals surface area contributed by atoms with E-state index in [4.69, 9.17) is 10.8 Å². The van der Waals surface area contributed by atoms with Gasteiger partial charge in [0, 0.05) is 23.3 Å². The molecule has 0 atom stereocenters. The lowest BCUT2D eigenvalue weighted by Gasteiger charge is -2.17. The molecule has 2 N–H and O–H groups in total. The molecule has 2 heterocycles. The van der Waals surface area contributed by atoms with E-state index in [0.29, 0.717) is 5.82 Å². The van der Waals surface area contributed by atoms with Crippen LogP contribution in [0.15, 0.2) is 0 Å². The Morgan fingerprint density at radius 3 is 2.71 bits per heavy atom. The van der Waals surface area contributed by atoms with Gasteiger partial charge in [-0.2, -0.15) is 5.10 Å². The van der Waals surface area contributed by atoms with Crippen LogP contribution in [0.1, 0.15) is 62.9 Å². The SMILES string of the molecule is CCCCc1c2c3c(nc(N)c2nn1CCC)CCCC3. The molecule has 1 aliphatic carbocycles. The zero-order chi connectivity index (χ0) is 14.8. The summed E-state index contributed by atoms with van der Waals surface area (Å²) < 4.78 is 2.19. The highest BCUT2D eigenvalue weighted by Gasteiger charge is 2.22. The predicted octanol–water partition coefficient (Wildman–Crippen LogP) is 3.64. The first-order valence-corrected chi connectivity index (χ1v) is 8.42. The van der Waals surface area contributed by atoms with E-state index in [1.165, 1.54) is 48.0 Å². The molecule has 0 radical (unpaired) electrons. The van der Waals surface area contributed by atoms with Gasteiger partial charge in [0.05, 0.1) is 0 Å². The number of hydrogen-bond donors (Lipinski definition) is 1. The van der Waals surface area contributed by atoms with E-state index in [1.807, 2.05) is 0 Å². The van der Waals surface area contributed by atoms with Crippen LogP contribution in [0.5, 0.6) is 0 Å². The van der Waals surface area contributed by atoms with Crippen LogP contribution in [-0.4, -0.2) is 14.8 Å². The number of hydrogen-bond acceptors (Lipinski definition) is 3. The summed E-state index contributed by atoms with van der Waals surface area (Å²) in [4.78, 5) is 4.64. The summed E-state index contributed by atoms with van der Waals surface area (Å²) in [6.45, 7) is 5.42. The van der Waals surface area contributed by atoms with Crippen LogP contribution in [-0.2, 0) is 25.8 Å². The molecule has 1 aliphatic rings. The molecule has 0 amide bonds. The second-order valence-corrected chi connectivity index (χ2v) is 6.13. The molecule has 2 aromatic heterocycles. The number of rotatable bonds is 5. The van der Waals surface area contributed by atoms with Crippen molar-refractivity contribution in [3.8, 4) is 0 Å². The molecule has 0 saturated carbocycles. The number of nitrogens with zero attached hydrogens (tertiary/aromatic N) is 3. The van der Waals surface area contributed by atoms with E-state index in [9.17, 15) is 0 Å². The molecule has 0 aromatic carbocycles. The minimum Gasteiger partial charge on any atom is -0.382 e. The third-order valence-corrected chi connectivity index (χ3v) is 4.50. The molecule has 0 spiro atoms. The molecule has 0 saturated heterocycles. The Hall–Kier alpha value is -1.58. The molecule has 4 nitrogen and oxygen atoms in total. The van der Waals surface area contributed by atoms with E-state index in [2.05, 4.69) is 23.5 Å². The van der Waals surface area contributed by atoms with Crippen LogP contribution in [0.3, 0.4) is 0 Å². The van der Waals surface area contributed by atoms with Crippen molar-refractivity contribution in [1.82, 2.24) is 14.8 Å². The number of fused-ring (bicyclic) bond motifs is 3. The number of nitrogen functional groups attached to an aromatic ring is 1. The van der Waals surface area contributed by atoms with Crippen molar-refractivity contribution in [2.75, 3.05) is 5.73 Å². The monoisotopic (exact) mass is 286 g/mol. The molecule has 0 unspecified atom stereocenters. The van der Waals surface area contributed by atoms with Crippen molar-refractivity contribution in [2.45, 2.75) is 71.8 Å². The number of aromatic nitrogens is 3. The van der Waals surface area contributed by atoms with Crippen molar-refractivity contribution < 1.29 is 0 Å². The maximum atomic E-state index is 6.20. The van der Waals surface area contributed by atoms with Gasteiger partial charge in [0.2, 0.25) is 0 Å². The van der Waals surface area contributed by atoms with Gasteiger partial charge in [-0.3, -0.25) is 4.68 Å². The van der Waals surface area contributed by atoms with Gasteiger partial charge in [-0.1, -0.05) is 20.3 Å². The Morgan fingerprint density at radius 2 is 1.95 bits per heavy atom. The first kappa shape index (κ1) is 14.4. The van der Waals surface area contributed by atoms with Gasteiger partial charge < -0.3 is 5.73 Å². The van der Waals surface area contributed by atoms with Crippen molar-refractivity contribution >= 4 is 16.7 Å². The van der Waals surface area contributed by atoms with Gasteiger partial charge in [0.1, 0.15) is 5.52 Å². The second kappa shape index (κ2) is 6.04. The lowest BCUT2D eigenvalue weighted by Crippen LogP contribution is -2.09. The number of nitrogens with two attached hydrogens (primary N) is 1. The maximum absolute atomic E-state index is 6.20. The van der Waals surface area contributed by atoms with Crippen molar-refractivity contribution in [1.29, 1.82) is 0 Å². The summed E-state index contributed by atoms with van der Waals surface area (Å²) in [5, 5.41) is 6.12. The number of anilines is 1. The highest BCUT2D eigenvalue weighted by molar-refractivity contribution is 5.93. The Morgan fingerprint density at radius 1 is 1.14 bits per heavy atom. The number of aryl methyl sites for hydroxylation is 4. The normalized spacial score (nSPS) is 14.6. The van der Waals surface area contributed by atoms with Gasteiger partial charge in [-0.25, -0.2) is 4.98 Å². The molecule has 0 bridgehead atoms. The van der Waals surface area contributed by atoms with E-state index in [0.717, 1.165) is 37.7 Å². The summed E-state index contributed by atoms with van der Waals surface area (Å²) in [6.07, 6.45) is 9.32. The average Bonchev–Trinajstić information content (AvgIpc) is 2.85. The fraction of sp³-hybridized carbons (Fsp3) is 0.647. The standard InChI is InChI=1S/C17H26N4/c1-3-5-10-14-15-12-8-6-7-9-13(12)19-17(18)16(15)20-21(14)11-4-2/h3-11H2,1-2H3,(H2,18,19). The van der Waals surface area contributed by atoms with Crippen molar-refractivity contribution in [3.05, 3.63) is 17.0 Å². The molecular weight excluding hydrogens is 260 g/mol. The van der Waals surface area contributed by atoms with Crippen LogP contribution < -0.4 is 5.73 Å². The summed E-state index contributed by atoms with van der Waals surface area (Å²) in [7, 11) is 0. The molecule has 21 heavy (non-hydrogen) atoms. The average molecular weight is 286 g/mol. The Bertz CT molecular complexity index is 642. The van der Waals surface area contributed by atoms with Crippen LogP contribution in [0.25, 0.3) is 10.9 Å². The Kier molecular flexibility index (Phi) is 4.13. The van der Waals surface area contributed by atoms with Crippen LogP contribution in [0, 0.1) is 0 Å². The van der Waals surface area contributed by atoms with Gasteiger partial charge >= 0.3 is 0 Å². The molecule has 114 valence electrons. The third-order valence-electron chi connectivity index (χ3n) is 4.50. The fourth-order valence-corrected chi connectivity index (χ4v) is 3.47. The van der Waals surface area contributed by atoms with E-state index >= 15 is 0 Å². The van der Waals surface area contributed by atoms with Gasteiger partial charge in [-0.15, -0.1) is 0 Å². The summed E-state index contributed by atoms with van der Waals surface area (Å²) in [6, 6.07) is 0. The summed E-state index contributed by atoms with van der Waals surface area (Å²) >= 11 is 0. The summed E-state index contributed by atoms with van der Waals surface area (Å²) in [5.41, 5.74) is 11.2. The molecule has 4 heteroatoms. The summed E-state index contributed by atoms with van der Waals surface area (Å²) in [5.74, 6) is 0.623. The van der Waals surface area contributed by atoms with Crippen LogP contribution in [0.2, 0.25) is 0 Å². The highest BCUT2D eigenvalue weighted by atomic mass is 15.3. The van der Waals surface area contributed by atoms with Gasteiger partial charge in [0.15, 0.2) is 5.82 Å². The molecular formula is C17H26N4. The van der Waals surface area contributed by atoms with Crippen LogP contribution >= 0.6 is 0 Å². The van der Waals surface area contributed by atoms with Gasteiger partial charge in [-0.05, 0) is 50.5 Å². The molecule has 3 rings (SSSR count). The van der Waals surface area contributed by atoms with Crippen molar-refractivity contribution in [3.63, 3.8) is 0 Å². The molecule has 0 aliphatic heterocycles. The number of pyridine rings is 1. The van der Waals surface area contributed by atoms with Crippen LogP contribution in [0.4, 0.5) is 5.82 Å². The lowest BCUT2D eigenvalue weighted by molar-refractivity contribution is 0.571. The zero-order valence-electron chi connectivity index (χ0n) is 13.3. The van der Waals surface area contributed by atoms with Crippen molar-refractivity contribution in [2.24, 2.45) is 0 Å². The highest BCUT2D eigenvalue weighted by Crippen LogP contribution is 2.33. The van der Waals surface area contributed by atoms with E-state index < -0.39 is 0 Å². The smallest absolute Gasteiger partial charge is 0.152 e. The number of unbranched alkanes of at least 4 members (excludes halogenated alkanes) is 1. The first-order chi connectivity index (χ1) is 10.3. The van der Waals surface area contributed by atoms with Gasteiger partial charge in [0.25, 0.3) is 0 Å². The maximum Gasteiger partial charge on any atom is 0.152 e. The third kappa shape index (κ3) is 2.52. The van der Waals surface area contributed by atoms with E-state index in [1.54, 1.807) is 0 Å². The fourth-order valence-electron chi connectivity index (χ4n) is 3.47. The second-order valence-electron chi connectivity index (χ2n) is 6.13. The van der Waals surface area contributed by atoms with E-state index in [-0.39, 0.29) is 0 Å².